The quantitative estimate of drug-likeness (QED) is 0.160. The number of amides is 1. The number of aliphatic imine (C=N–C) groups is 1. The number of halogens is 1. The van der Waals surface area contributed by atoms with Crippen molar-refractivity contribution in [3.63, 3.8) is 0 Å². The molecule has 0 bridgehead atoms. The highest BCUT2D eigenvalue weighted by molar-refractivity contribution is 7.10. The fourth-order valence-electron chi connectivity index (χ4n) is 3.71. The molecular formula is C25H33ClN6O3S. The molecule has 0 aliphatic heterocycles. The van der Waals surface area contributed by atoms with Gasteiger partial charge in [-0.3, -0.25) is 9.79 Å². The Hall–Kier alpha value is -3.34. The Morgan fingerprint density at radius 1 is 1.14 bits per heavy atom. The Balaban J connectivity index is 0.00000456. The summed E-state index contributed by atoms with van der Waals surface area (Å²) < 4.78 is 15.5. The number of aromatic nitrogens is 1. The maximum atomic E-state index is 12.8. The van der Waals surface area contributed by atoms with E-state index >= 15 is 0 Å². The van der Waals surface area contributed by atoms with Crippen molar-refractivity contribution in [2.24, 2.45) is 16.5 Å². The topological polar surface area (TPSA) is 152 Å². The predicted octanol–water partition coefficient (Wildman–Crippen LogP) is -0.282. The average Bonchev–Trinajstić information content (AvgIpc) is 3.33. The lowest BCUT2D eigenvalue weighted by Crippen LogP contribution is -3.00. The van der Waals surface area contributed by atoms with Crippen molar-refractivity contribution in [3.8, 4) is 33.1 Å². The Bertz CT molecular complexity index is 1230. The summed E-state index contributed by atoms with van der Waals surface area (Å²) in [5.74, 6) is 1.24. The molecule has 0 aliphatic rings. The van der Waals surface area contributed by atoms with E-state index in [1.54, 1.807) is 14.2 Å². The highest BCUT2D eigenvalue weighted by atomic mass is 35.5. The zero-order valence-electron chi connectivity index (χ0n) is 20.9. The standard InChI is InChI=1S/C25H32N6O3S.ClH/c1-14-10-17(12-22(34-4)15(14)2)23-18(13-30-35-23)16-7-8-21(33-3)20(11-16)31-24(32)19(26)6-5-9-29-25(27)28;/h7-8,10-13,19H,5-6,9,26H2,1-4H3,(H,31,32)(H4,27,28,29);1H/t19-;/m0./s1. The van der Waals surface area contributed by atoms with E-state index in [9.17, 15) is 4.79 Å². The summed E-state index contributed by atoms with van der Waals surface area (Å²) in [5.41, 5.74) is 20.4. The molecule has 8 N–H and O–H groups in total. The number of hydrogen-bond donors (Lipinski definition) is 4. The van der Waals surface area contributed by atoms with Crippen LogP contribution in [-0.2, 0) is 4.79 Å². The van der Waals surface area contributed by atoms with E-state index in [1.807, 2.05) is 37.4 Å². The van der Waals surface area contributed by atoms with Gasteiger partial charge in [-0.05, 0) is 72.3 Å². The molecule has 0 saturated carbocycles. The summed E-state index contributed by atoms with van der Waals surface area (Å²) in [5, 5.41) is 2.96. The van der Waals surface area contributed by atoms with E-state index in [1.165, 1.54) is 11.5 Å². The molecule has 0 spiro atoms. The lowest BCUT2D eigenvalue weighted by Gasteiger charge is -2.15. The lowest BCUT2D eigenvalue weighted by molar-refractivity contribution is -0.403. The van der Waals surface area contributed by atoms with Gasteiger partial charge in [0.05, 0.1) is 24.8 Å². The van der Waals surface area contributed by atoms with Gasteiger partial charge in [0.15, 0.2) is 12.0 Å². The minimum atomic E-state index is -0.459. The van der Waals surface area contributed by atoms with Gasteiger partial charge >= 0.3 is 0 Å². The third-order valence-electron chi connectivity index (χ3n) is 5.82. The molecular weight excluding hydrogens is 500 g/mol. The second-order valence-electron chi connectivity index (χ2n) is 8.24. The van der Waals surface area contributed by atoms with E-state index in [0.29, 0.717) is 30.8 Å². The fourth-order valence-corrected chi connectivity index (χ4v) is 4.46. The van der Waals surface area contributed by atoms with Crippen LogP contribution in [0.25, 0.3) is 21.6 Å². The Morgan fingerprint density at radius 2 is 1.86 bits per heavy atom. The molecule has 36 heavy (non-hydrogen) atoms. The molecule has 194 valence electrons. The van der Waals surface area contributed by atoms with Gasteiger partial charge in [0, 0.05) is 24.7 Å². The van der Waals surface area contributed by atoms with Crippen molar-refractivity contribution in [2.45, 2.75) is 32.7 Å². The third kappa shape index (κ3) is 6.87. The summed E-state index contributed by atoms with van der Waals surface area (Å²) in [4.78, 5) is 17.8. The molecule has 9 nitrogen and oxygen atoms in total. The molecule has 0 unspecified atom stereocenters. The van der Waals surface area contributed by atoms with Crippen LogP contribution in [0.15, 0.2) is 41.5 Å². The van der Waals surface area contributed by atoms with Crippen LogP contribution < -0.4 is 44.4 Å². The number of carbonyl (C=O) groups excluding carboxylic acids is 1. The van der Waals surface area contributed by atoms with Crippen molar-refractivity contribution in [2.75, 3.05) is 26.1 Å². The molecule has 11 heteroatoms. The van der Waals surface area contributed by atoms with Gasteiger partial charge in [0.25, 0.3) is 5.91 Å². The van der Waals surface area contributed by atoms with Gasteiger partial charge in [-0.2, -0.15) is 4.37 Å². The summed E-state index contributed by atoms with van der Waals surface area (Å²) in [6.07, 6.45) is 3.04. The SMILES string of the molecule is COc1ccc(-c2cnsc2-c2cc(C)c(C)c(OC)c2)cc1NC(=O)[C@@H]([NH3+])CCCN=C(N)N.[Cl-]. The van der Waals surface area contributed by atoms with Gasteiger partial charge in [0.1, 0.15) is 11.5 Å². The van der Waals surface area contributed by atoms with E-state index in [2.05, 4.69) is 33.4 Å². The summed E-state index contributed by atoms with van der Waals surface area (Å²) in [6.45, 7) is 4.56. The molecule has 1 aromatic heterocycles. The van der Waals surface area contributed by atoms with Crippen LogP contribution in [0.3, 0.4) is 0 Å². The zero-order valence-corrected chi connectivity index (χ0v) is 22.5. The van der Waals surface area contributed by atoms with Crippen molar-refractivity contribution in [1.82, 2.24) is 4.37 Å². The monoisotopic (exact) mass is 532 g/mol. The van der Waals surface area contributed by atoms with Crippen LogP contribution in [0.1, 0.15) is 24.0 Å². The number of nitrogens with two attached hydrogens (primary N) is 2. The van der Waals surface area contributed by atoms with E-state index in [0.717, 1.165) is 38.4 Å². The Morgan fingerprint density at radius 3 is 2.53 bits per heavy atom. The largest absolute Gasteiger partial charge is 1.00 e. The van der Waals surface area contributed by atoms with Gasteiger partial charge < -0.3 is 44.4 Å². The number of ether oxygens (including phenoxy) is 2. The van der Waals surface area contributed by atoms with E-state index in [-0.39, 0.29) is 24.3 Å². The first-order valence-electron chi connectivity index (χ1n) is 11.2. The van der Waals surface area contributed by atoms with Crippen LogP contribution in [-0.4, -0.2) is 43.0 Å². The molecule has 1 heterocycles. The minimum absolute atomic E-state index is 0. The number of methoxy groups -OCH3 is 2. The molecule has 0 fully saturated rings. The minimum Gasteiger partial charge on any atom is -1.00 e. The molecule has 0 saturated heterocycles. The Kier molecular flexibility index (Phi) is 10.5. The molecule has 2 aromatic carbocycles. The van der Waals surface area contributed by atoms with Gasteiger partial charge in [0.2, 0.25) is 0 Å². The van der Waals surface area contributed by atoms with E-state index in [4.69, 9.17) is 20.9 Å². The second kappa shape index (κ2) is 13.1. The maximum absolute atomic E-state index is 12.8. The zero-order chi connectivity index (χ0) is 25.5. The van der Waals surface area contributed by atoms with Crippen molar-refractivity contribution in [1.29, 1.82) is 0 Å². The number of hydrogen-bond acceptors (Lipinski definition) is 6. The number of carbonyl (C=O) groups is 1. The number of nitrogens with one attached hydrogen (secondary N) is 1. The van der Waals surface area contributed by atoms with Gasteiger partial charge in [-0.25, -0.2) is 0 Å². The summed E-state index contributed by atoms with van der Waals surface area (Å²) >= 11 is 1.42. The third-order valence-corrected chi connectivity index (χ3v) is 6.67. The molecule has 1 amide bonds. The van der Waals surface area contributed by atoms with Crippen molar-refractivity contribution >= 4 is 29.1 Å². The first-order valence-corrected chi connectivity index (χ1v) is 12.0. The molecule has 0 radical (unpaired) electrons. The summed E-state index contributed by atoms with van der Waals surface area (Å²) in [6, 6.07) is 9.40. The highest BCUT2D eigenvalue weighted by Gasteiger charge is 2.20. The van der Waals surface area contributed by atoms with Crippen LogP contribution >= 0.6 is 11.5 Å². The lowest BCUT2D eigenvalue weighted by atomic mass is 9.99. The number of quaternary nitrogens is 1. The molecule has 0 aliphatic carbocycles. The van der Waals surface area contributed by atoms with E-state index < -0.39 is 6.04 Å². The van der Waals surface area contributed by atoms with Crippen LogP contribution in [0.5, 0.6) is 11.5 Å². The second-order valence-corrected chi connectivity index (χ2v) is 9.04. The summed E-state index contributed by atoms with van der Waals surface area (Å²) in [7, 11) is 3.24. The number of aryl methyl sites for hydroxylation is 1. The first kappa shape index (κ1) is 28.9. The van der Waals surface area contributed by atoms with Crippen molar-refractivity contribution in [3.05, 3.63) is 47.7 Å². The smallest absolute Gasteiger partial charge is 0.282 e. The average molecular weight is 533 g/mol. The van der Waals surface area contributed by atoms with Crippen molar-refractivity contribution < 1.29 is 32.4 Å². The molecule has 1 atom stereocenters. The van der Waals surface area contributed by atoms with Gasteiger partial charge in [-0.15, -0.1) is 0 Å². The van der Waals surface area contributed by atoms with Crippen LogP contribution in [0.4, 0.5) is 5.69 Å². The number of nitrogens with zero attached hydrogens (tertiary/aromatic N) is 2. The molecule has 3 aromatic rings. The fraction of sp³-hybridized carbons (Fsp3) is 0.320. The predicted molar refractivity (Wildman–Crippen MR) is 141 cm³/mol. The number of benzene rings is 2. The van der Waals surface area contributed by atoms with Gasteiger partial charge in [-0.1, -0.05) is 12.1 Å². The number of anilines is 1. The highest BCUT2D eigenvalue weighted by Crippen LogP contribution is 2.40. The van der Waals surface area contributed by atoms with Crippen LogP contribution in [0.2, 0.25) is 0 Å². The normalized spacial score (nSPS) is 11.2. The number of rotatable bonds is 10. The maximum Gasteiger partial charge on any atom is 0.282 e. The number of guanidine groups is 1. The molecule has 3 rings (SSSR count). The Labute approximate surface area is 221 Å². The first-order chi connectivity index (χ1) is 16.7. The van der Waals surface area contributed by atoms with Crippen LogP contribution in [0, 0.1) is 13.8 Å².